The number of para-hydroxylation sites is 2. The maximum Gasteiger partial charge on any atom is 0.256 e. The van der Waals surface area contributed by atoms with E-state index in [0.717, 1.165) is 100 Å². The summed E-state index contributed by atoms with van der Waals surface area (Å²) in [5, 5.41) is 15.7. The van der Waals surface area contributed by atoms with Gasteiger partial charge in [0.05, 0.1) is 48.9 Å². The molecule has 0 atom stereocenters. The molecule has 0 radical (unpaired) electrons. The first-order valence-electron chi connectivity index (χ1n) is 21.4. The highest BCUT2D eigenvalue weighted by molar-refractivity contribution is 6.15. The van der Waals surface area contributed by atoms with Gasteiger partial charge in [0.15, 0.2) is 0 Å². The Balaban J connectivity index is 0.000000186. The fraction of sp³-hybridized carbons (Fsp3) is 0.280. The van der Waals surface area contributed by atoms with Gasteiger partial charge in [0.25, 0.3) is 23.6 Å². The van der Waals surface area contributed by atoms with Crippen LogP contribution in [0.2, 0.25) is 0 Å². The molecule has 2 saturated heterocycles. The first kappa shape index (κ1) is 43.6. The molecule has 320 valence electrons. The van der Waals surface area contributed by atoms with Crippen LogP contribution in [0.25, 0.3) is 21.5 Å². The molecule has 0 aliphatic carbocycles. The summed E-state index contributed by atoms with van der Waals surface area (Å²) < 4.78 is 10.7. The Morgan fingerprint density at radius 3 is 1.52 bits per heavy atom. The molecule has 8 rings (SSSR count). The number of morpholine rings is 2. The van der Waals surface area contributed by atoms with Crippen LogP contribution in [0, 0.1) is 0 Å². The maximum atomic E-state index is 13.0. The third kappa shape index (κ3) is 12.1. The lowest BCUT2D eigenvalue weighted by Gasteiger charge is -2.26. The van der Waals surface area contributed by atoms with E-state index in [-0.39, 0.29) is 23.6 Å². The number of hydrogen-bond acceptors (Lipinski definition) is 8. The zero-order valence-electron chi connectivity index (χ0n) is 34.9. The summed E-state index contributed by atoms with van der Waals surface area (Å²) in [6.07, 6.45) is 1.74. The first-order chi connectivity index (χ1) is 30.4. The van der Waals surface area contributed by atoms with Gasteiger partial charge in [-0.2, -0.15) is 0 Å². The smallest absolute Gasteiger partial charge is 0.256 e. The van der Waals surface area contributed by atoms with Crippen molar-refractivity contribution in [2.45, 2.75) is 12.8 Å². The van der Waals surface area contributed by atoms with E-state index in [1.54, 1.807) is 48.5 Å². The van der Waals surface area contributed by atoms with Crippen LogP contribution in [0.5, 0.6) is 0 Å². The zero-order chi connectivity index (χ0) is 42.9. The van der Waals surface area contributed by atoms with Gasteiger partial charge in [-0.05, 0) is 89.9 Å². The summed E-state index contributed by atoms with van der Waals surface area (Å²) in [6, 6.07) is 41.1. The Morgan fingerprint density at radius 2 is 0.919 bits per heavy atom. The van der Waals surface area contributed by atoms with Crippen LogP contribution in [0.15, 0.2) is 133 Å². The van der Waals surface area contributed by atoms with Gasteiger partial charge in [0.1, 0.15) is 0 Å². The van der Waals surface area contributed by atoms with Crippen LogP contribution in [0.1, 0.15) is 54.3 Å². The van der Waals surface area contributed by atoms with Gasteiger partial charge in [0.2, 0.25) is 0 Å². The first-order valence-corrected chi connectivity index (χ1v) is 21.4. The van der Waals surface area contributed by atoms with Crippen LogP contribution >= 0.6 is 0 Å². The van der Waals surface area contributed by atoms with Gasteiger partial charge < -0.3 is 30.7 Å². The normalized spacial score (nSPS) is 14.3. The topological polar surface area (TPSA) is 141 Å². The van der Waals surface area contributed by atoms with Crippen molar-refractivity contribution in [1.82, 2.24) is 20.4 Å². The molecule has 6 aromatic rings. The van der Waals surface area contributed by atoms with E-state index in [0.29, 0.717) is 46.7 Å². The van der Waals surface area contributed by atoms with Crippen LogP contribution in [0.3, 0.4) is 0 Å². The average molecular weight is 835 g/mol. The Kier molecular flexibility index (Phi) is 15.8. The van der Waals surface area contributed by atoms with E-state index in [4.69, 9.17) is 9.47 Å². The minimum absolute atomic E-state index is 0.184. The number of nitrogens with zero attached hydrogens (tertiary/aromatic N) is 2. The van der Waals surface area contributed by atoms with E-state index >= 15 is 0 Å². The zero-order valence-corrected chi connectivity index (χ0v) is 34.9. The monoisotopic (exact) mass is 834 g/mol. The summed E-state index contributed by atoms with van der Waals surface area (Å²) in [6.45, 7) is 9.90. The van der Waals surface area contributed by atoms with Gasteiger partial charge >= 0.3 is 0 Å². The molecule has 0 bridgehead atoms. The lowest BCUT2D eigenvalue weighted by molar-refractivity contribution is 0.0373. The third-order valence-corrected chi connectivity index (χ3v) is 11.0. The summed E-state index contributed by atoms with van der Waals surface area (Å²) in [4.78, 5) is 55.9. The van der Waals surface area contributed by atoms with E-state index < -0.39 is 0 Å². The molecular formula is C50H54N6O6. The Hall–Kier alpha value is -6.44. The van der Waals surface area contributed by atoms with Gasteiger partial charge in [-0.15, -0.1) is 0 Å². The highest BCUT2D eigenvalue weighted by Gasteiger charge is 2.18. The fourth-order valence-corrected chi connectivity index (χ4v) is 7.57. The molecule has 62 heavy (non-hydrogen) atoms. The molecule has 0 spiro atoms. The predicted molar refractivity (Wildman–Crippen MR) is 245 cm³/mol. The van der Waals surface area contributed by atoms with E-state index in [2.05, 4.69) is 31.1 Å². The molecule has 12 nitrogen and oxygen atoms in total. The molecule has 0 saturated carbocycles. The van der Waals surface area contributed by atoms with Crippen molar-refractivity contribution in [2.24, 2.45) is 0 Å². The van der Waals surface area contributed by atoms with Crippen molar-refractivity contribution < 1.29 is 28.7 Å². The number of amides is 4. The largest absolute Gasteiger partial charge is 0.379 e. The molecule has 2 heterocycles. The highest BCUT2D eigenvalue weighted by Crippen LogP contribution is 2.23. The summed E-state index contributed by atoms with van der Waals surface area (Å²) >= 11 is 0. The molecule has 2 aliphatic rings. The number of anilines is 2. The number of carbonyl (C=O) groups excluding carboxylic acids is 4. The third-order valence-electron chi connectivity index (χ3n) is 11.0. The Bertz CT molecular complexity index is 2450. The Labute approximate surface area is 362 Å². The molecule has 4 N–H and O–H groups in total. The van der Waals surface area contributed by atoms with E-state index in [1.807, 2.05) is 84.9 Å². The predicted octanol–water partition coefficient (Wildman–Crippen LogP) is 7.09. The second kappa shape index (κ2) is 22.4. The van der Waals surface area contributed by atoms with E-state index in [9.17, 15) is 19.2 Å². The lowest BCUT2D eigenvalue weighted by Crippen LogP contribution is -2.38. The lowest BCUT2D eigenvalue weighted by atomic mass is 10.0. The standard InChI is InChI=1S/2C25H27N3O3/c29-24(26-13-6-14-28-15-17-31-18-16-28)22-10-3-4-12-23(22)27-25(30)21-11-5-8-19-7-1-2-9-20(19)21;29-24(21-11-10-19-6-1-2-7-20(19)18-21)27-23-9-4-3-8-22(23)25(30)26-12-5-13-28-14-16-31-17-15-28/h1-5,7-12H,6,13-18H2,(H,26,29)(H,27,30);1-4,6-11,18H,5,12-17H2,(H,26,30)(H,27,29). The van der Waals surface area contributed by atoms with E-state index in [1.165, 1.54) is 0 Å². The number of carbonyl (C=O) groups is 4. The number of rotatable bonds is 14. The molecule has 0 aromatic heterocycles. The Morgan fingerprint density at radius 1 is 0.452 bits per heavy atom. The quantitative estimate of drug-likeness (QED) is 0.0854. The van der Waals surface area contributed by atoms with Crippen LogP contribution in [-0.4, -0.2) is 112 Å². The second-order valence-corrected chi connectivity index (χ2v) is 15.2. The SMILES string of the molecule is O=C(NCCCN1CCOCC1)c1ccccc1NC(=O)c1cccc2ccccc12.O=C(Nc1ccccc1C(=O)NCCCN1CCOCC1)c1ccc2ccccc2c1. The molecule has 2 aliphatic heterocycles. The number of fused-ring (bicyclic) bond motifs is 2. The molecule has 2 fully saturated rings. The molecular weight excluding hydrogens is 781 g/mol. The van der Waals surface area contributed by atoms with Gasteiger partial charge in [-0.3, -0.25) is 29.0 Å². The fourth-order valence-electron chi connectivity index (χ4n) is 7.57. The number of benzene rings is 6. The second-order valence-electron chi connectivity index (χ2n) is 15.2. The van der Waals surface area contributed by atoms with Gasteiger partial charge in [-0.25, -0.2) is 0 Å². The average Bonchev–Trinajstić information content (AvgIpc) is 3.32. The summed E-state index contributed by atoms with van der Waals surface area (Å²) in [5.74, 6) is -0.838. The number of hydrogen-bond donors (Lipinski definition) is 4. The van der Waals surface area contributed by atoms with Crippen LogP contribution in [-0.2, 0) is 9.47 Å². The van der Waals surface area contributed by atoms with Crippen molar-refractivity contribution in [3.05, 3.63) is 156 Å². The molecule has 6 aromatic carbocycles. The minimum Gasteiger partial charge on any atom is -0.379 e. The summed E-state index contributed by atoms with van der Waals surface area (Å²) in [7, 11) is 0. The highest BCUT2D eigenvalue weighted by atomic mass is 16.5. The van der Waals surface area contributed by atoms with Gasteiger partial charge in [-0.1, -0.05) is 91.0 Å². The molecule has 0 unspecified atom stereocenters. The number of ether oxygens (including phenoxy) is 2. The van der Waals surface area contributed by atoms with Crippen molar-refractivity contribution in [3.63, 3.8) is 0 Å². The molecule has 12 heteroatoms. The molecule has 4 amide bonds. The van der Waals surface area contributed by atoms with Gasteiger partial charge in [0, 0.05) is 50.4 Å². The van der Waals surface area contributed by atoms with Crippen molar-refractivity contribution in [2.75, 3.05) is 89.4 Å². The van der Waals surface area contributed by atoms with Crippen molar-refractivity contribution in [3.8, 4) is 0 Å². The minimum atomic E-state index is -0.238. The number of nitrogens with one attached hydrogen (secondary N) is 4. The summed E-state index contributed by atoms with van der Waals surface area (Å²) in [5.41, 5.74) is 3.07. The van der Waals surface area contributed by atoms with Crippen LogP contribution < -0.4 is 21.3 Å². The van der Waals surface area contributed by atoms with Crippen molar-refractivity contribution in [1.29, 1.82) is 0 Å². The van der Waals surface area contributed by atoms with Crippen LogP contribution in [0.4, 0.5) is 11.4 Å². The maximum absolute atomic E-state index is 13.0. The van der Waals surface area contributed by atoms with Crippen molar-refractivity contribution >= 4 is 56.5 Å².